The maximum absolute atomic E-state index is 12.9. The molecule has 0 fully saturated rings. The lowest BCUT2D eigenvalue weighted by Crippen LogP contribution is -2.12. The summed E-state index contributed by atoms with van der Waals surface area (Å²) in [6.07, 6.45) is 5.41. The van der Waals surface area contributed by atoms with Gasteiger partial charge in [-0.15, -0.1) is 0 Å². The third-order valence-corrected chi connectivity index (χ3v) is 6.06. The maximum Gasteiger partial charge on any atom is 0.261 e. The van der Waals surface area contributed by atoms with Crippen LogP contribution in [0.25, 0.3) is 27.8 Å². The average Bonchev–Trinajstić information content (AvgIpc) is 3.18. The largest absolute Gasteiger partial charge is 0.291 e. The van der Waals surface area contributed by atoms with Crippen molar-refractivity contribution in [3.8, 4) is 11.3 Å². The van der Waals surface area contributed by atoms with E-state index in [0.717, 1.165) is 22.0 Å². The Hall–Kier alpha value is -3.71. The van der Waals surface area contributed by atoms with Gasteiger partial charge in [0.05, 0.1) is 10.6 Å². The zero-order chi connectivity index (χ0) is 19.8. The molecule has 0 bridgehead atoms. The summed E-state index contributed by atoms with van der Waals surface area (Å²) in [4.78, 5) is 8.92. The molecule has 0 saturated carbocycles. The molecule has 1 N–H and O–H groups in total. The molecular weight excluding hydrogens is 384 g/mol. The monoisotopic (exact) mass is 400 g/mol. The van der Waals surface area contributed by atoms with Gasteiger partial charge in [0, 0.05) is 29.8 Å². The third-order valence-electron chi connectivity index (χ3n) is 4.68. The van der Waals surface area contributed by atoms with Gasteiger partial charge < -0.3 is 0 Å². The second-order valence-corrected chi connectivity index (χ2v) is 8.33. The van der Waals surface area contributed by atoms with Gasteiger partial charge in [-0.25, -0.2) is 18.4 Å². The highest BCUT2D eigenvalue weighted by molar-refractivity contribution is 7.92. The lowest BCUT2D eigenvalue weighted by atomic mass is 10.1. The molecule has 0 saturated heterocycles. The Morgan fingerprint density at radius 2 is 1.72 bits per heavy atom. The topological polar surface area (TPSA) is 76.4 Å². The number of rotatable bonds is 4. The minimum Gasteiger partial charge on any atom is -0.291 e. The van der Waals surface area contributed by atoms with Gasteiger partial charge in [0.15, 0.2) is 0 Å². The quantitative estimate of drug-likeness (QED) is 0.487. The molecule has 0 aliphatic rings. The first-order chi connectivity index (χ1) is 14.1. The highest BCUT2D eigenvalue weighted by Crippen LogP contribution is 2.25. The van der Waals surface area contributed by atoms with Crippen LogP contribution >= 0.6 is 0 Å². The van der Waals surface area contributed by atoms with Gasteiger partial charge in [-0.1, -0.05) is 42.5 Å². The highest BCUT2D eigenvalue weighted by atomic mass is 32.2. The molecule has 2 heterocycles. The van der Waals surface area contributed by atoms with E-state index in [1.165, 1.54) is 0 Å². The Labute approximate surface area is 167 Å². The van der Waals surface area contributed by atoms with Crippen LogP contribution in [0.2, 0.25) is 0 Å². The standard InChI is InChI=1S/C22H16N4O2S/c27-29(28,20-10-9-16-5-1-2-6-17(16)14-20)25-19-8-3-7-18(13-19)21-15-26-12-4-11-23-22(26)24-21/h1-15,25H. The van der Waals surface area contributed by atoms with E-state index >= 15 is 0 Å². The van der Waals surface area contributed by atoms with Gasteiger partial charge in [-0.2, -0.15) is 0 Å². The molecule has 5 aromatic rings. The molecule has 0 spiro atoms. The molecule has 6 nitrogen and oxygen atoms in total. The van der Waals surface area contributed by atoms with Gasteiger partial charge in [0.1, 0.15) is 0 Å². The number of nitrogens with zero attached hydrogens (tertiary/aromatic N) is 3. The molecule has 29 heavy (non-hydrogen) atoms. The van der Waals surface area contributed by atoms with Crippen LogP contribution in [0, 0.1) is 0 Å². The number of benzene rings is 3. The van der Waals surface area contributed by atoms with E-state index in [1.807, 2.05) is 59.3 Å². The van der Waals surface area contributed by atoms with Gasteiger partial charge in [-0.3, -0.25) is 9.12 Å². The summed E-state index contributed by atoms with van der Waals surface area (Å²) in [5, 5.41) is 1.87. The predicted octanol–water partition coefficient (Wildman–Crippen LogP) is 4.35. The first-order valence-electron chi connectivity index (χ1n) is 9.00. The minimum absolute atomic E-state index is 0.221. The van der Waals surface area contributed by atoms with E-state index in [4.69, 9.17) is 0 Å². The molecule has 142 valence electrons. The summed E-state index contributed by atoms with van der Waals surface area (Å²) in [5.74, 6) is 0.588. The first kappa shape index (κ1) is 17.4. The maximum atomic E-state index is 12.9. The van der Waals surface area contributed by atoms with Crippen molar-refractivity contribution in [3.63, 3.8) is 0 Å². The Balaban J connectivity index is 1.48. The average molecular weight is 400 g/mol. The fourth-order valence-electron chi connectivity index (χ4n) is 3.26. The van der Waals surface area contributed by atoms with Gasteiger partial charge in [-0.05, 0) is 41.1 Å². The number of nitrogens with one attached hydrogen (secondary N) is 1. The summed E-state index contributed by atoms with van der Waals surface area (Å²) in [6, 6.07) is 21.7. The number of anilines is 1. The molecule has 2 aromatic heterocycles. The predicted molar refractivity (Wildman–Crippen MR) is 113 cm³/mol. The number of fused-ring (bicyclic) bond motifs is 2. The lowest BCUT2D eigenvalue weighted by molar-refractivity contribution is 0.601. The Kier molecular flexibility index (Phi) is 4.03. The molecule has 0 amide bonds. The molecule has 0 aliphatic heterocycles. The minimum atomic E-state index is -3.72. The Bertz CT molecular complexity index is 1430. The van der Waals surface area contributed by atoms with Crippen molar-refractivity contribution in [1.29, 1.82) is 0 Å². The first-order valence-corrected chi connectivity index (χ1v) is 10.5. The number of hydrogen-bond acceptors (Lipinski definition) is 4. The van der Waals surface area contributed by atoms with Gasteiger partial charge >= 0.3 is 0 Å². The van der Waals surface area contributed by atoms with Crippen LogP contribution in [0.4, 0.5) is 5.69 Å². The summed E-state index contributed by atoms with van der Waals surface area (Å²) >= 11 is 0. The van der Waals surface area contributed by atoms with Gasteiger partial charge in [0.25, 0.3) is 10.0 Å². The van der Waals surface area contributed by atoms with E-state index in [9.17, 15) is 8.42 Å². The molecule has 0 aliphatic carbocycles. The number of sulfonamides is 1. The van der Waals surface area contributed by atoms with Crippen molar-refractivity contribution >= 4 is 32.3 Å². The van der Waals surface area contributed by atoms with Crippen LogP contribution in [0.3, 0.4) is 0 Å². The normalized spacial score (nSPS) is 11.7. The van der Waals surface area contributed by atoms with E-state index < -0.39 is 10.0 Å². The molecular formula is C22H16N4O2S. The van der Waals surface area contributed by atoms with Crippen molar-refractivity contribution in [3.05, 3.63) is 91.4 Å². The number of aromatic nitrogens is 3. The number of imidazole rings is 1. The second kappa shape index (κ2) is 6.72. The van der Waals surface area contributed by atoms with Crippen LogP contribution in [-0.4, -0.2) is 22.8 Å². The van der Waals surface area contributed by atoms with Crippen molar-refractivity contribution < 1.29 is 8.42 Å². The SMILES string of the molecule is O=S(=O)(Nc1cccc(-c2cn3cccnc3n2)c1)c1ccc2ccccc2c1. The van der Waals surface area contributed by atoms with Crippen molar-refractivity contribution in [1.82, 2.24) is 14.4 Å². The zero-order valence-electron chi connectivity index (χ0n) is 15.2. The highest BCUT2D eigenvalue weighted by Gasteiger charge is 2.15. The Morgan fingerprint density at radius 3 is 2.59 bits per heavy atom. The summed E-state index contributed by atoms with van der Waals surface area (Å²) in [7, 11) is -3.72. The van der Waals surface area contributed by atoms with Crippen LogP contribution in [-0.2, 0) is 10.0 Å². The summed E-state index contributed by atoms with van der Waals surface area (Å²) in [5.41, 5.74) is 1.99. The molecule has 0 unspecified atom stereocenters. The molecule has 0 atom stereocenters. The van der Waals surface area contributed by atoms with Crippen LogP contribution in [0.15, 0.2) is 96.3 Å². The van der Waals surface area contributed by atoms with E-state index in [2.05, 4.69) is 14.7 Å². The van der Waals surface area contributed by atoms with E-state index in [1.54, 1.807) is 36.5 Å². The van der Waals surface area contributed by atoms with Crippen LogP contribution in [0.1, 0.15) is 0 Å². The third kappa shape index (κ3) is 3.32. The second-order valence-electron chi connectivity index (χ2n) is 6.65. The molecule has 3 aromatic carbocycles. The van der Waals surface area contributed by atoms with E-state index in [-0.39, 0.29) is 4.90 Å². The fraction of sp³-hybridized carbons (Fsp3) is 0. The van der Waals surface area contributed by atoms with Crippen molar-refractivity contribution in [2.24, 2.45) is 0 Å². The molecule has 7 heteroatoms. The summed E-state index contributed by atoms with van der Waals surface area (Å²) in [6.45, 7) is 0. The molecule has 0 radical (unpaired) electrons. The smallest absolute Gasteiger partial charge is 0.261 e. The van der Waals surface area contributed by atoms with Crippen molar-refractivity contribution in [2.45, 2.75) is 4.90 Å². The van der Waals surface area contributed by atoms with Crippen LogP contribution in [0.5, 0.6) is 0 Å². The lowest BCUT2D eigenvalue weighted by Gasteiger charge is -2.10. The van der Waals surface area contributed by atoms with Crippen molar-refractivity contribution in [2.75, 3.05) is 4.72 Å². The summed E-state index contributed by atoms with van der Waals surface area (Å²) < 4.78 is 30.3. The van der Waals surface area contributed by atoms with Crippen LogP contribution < -0.4 is 4.72 Å². The van der Waals surface area contributed by atoms with E-state index in [0.29, 0.717) is 11.5 Å². The van der Waals surface area contributed by atoms with Gasteiger partial charge in [0.2, 0.25) is 5.78 Å². The Morgan fingerprint density at radius 1 is 0.862 bits per heavy atom. The zero-order valence-corrected chi connectivity index (χ0v) is 16.0. The molecule has 5 rings (SSSR count). The fourth-order valence-corrected chi connectivity index (χ4v) is 4.34. The number of hydrogen-bond donors (Lipinski definition) is 1.